The molecule has 3 N–H and O–H groups in total. The highest BCUT2D eigenvalue weighted by molar-refractivity contribution is 5.84. The number of carbonyl (C=O) groups is 2. The maximum absolute atomic E-state index is 10.3. The zero-order valence-electron chi connectivity index (χ0n) is 6.39. The van der Waals surface area contributed by atoms with Crippen LogP contribution in [-0.4, -0.2) is 22.3 Å². The third kappa shape index (κ3) is 2.47. The Morgan fingerprint density at radius 2 is 2.38 bits per heavy atom. The van der Waals surface area contributed by atoms with Crippen LogP contribution in [0, 0.1) is 0 Å². The van der Waals surface area contributed by atoms with Crippen molar-refractivity contribution in [3.8, 4) is 0 Å². The zero-order valence-corrected chi connectivity index (χ0v) is 6.39. The molecule has 1 rings (SSSR count). The number of amides is 1. The summed E-state index contributed by atoms with van der Waals surface area (Å²) >= 11 is 0. The number of primary amides is 1. The number of rotatable bonds is 3. The first-order valence-electron chi connectivity index (χ1n) is 3.20. The number of carboxylic acids is 1. The van der Waals surface area contributed by atoms with E-state index in [1.807, 2.05) is 0 Å². The van der Waals surface area contributed by atoms with E-state index in [1.165, 1.54) is 0 Å². The number of aromatic nitrogens is 1. The summed E-state index contributed by atoms with van der Waals surface area (Å²) in [4.78, 5) is 20.4. The summed E-state index contributed by atoms with van der Waals surface area (Å²) in [6.45, 7) is -0.202. The van der Waals surface area contributed by atoms with Crippen LogP contribution < -0.4 is 5.73 Å². The molecule has 0 aliphatic heterocycles. The van der Waals surface area contributed by atoms with Crippen LogP contribution in [0.3, 0.4) is 0 Å². The molecule has 7 heteroatoms. The molecular formula is C6H6N2O5. The van der Waals surface area contributed by atoms with Gasteiger partial charge in [-0.05, 0) is 0 Å². The number of carboxylic acid groups (broad SMARTS) is 1. The molecule has 0 aliphatic carbocycles. The maximum Gasteiger partial charge on any atom is 0.404 e. The van der Waals surface area contributed by atoms with E-state index in [4.69, 9.17) is 5.11 Å². The molecule has 0 spiro atoms. The molecule has 0 aromatic carbocycles. The van der Waals surface area contributed by atoms with E-state index in [0.29, 0.717) is 0 Å². The van der Waals surface area contributed by atoms with Gasteiger partial charge in [0.05, 0.1) is 0 Å². The van der Waals surface area contributed by atoms with Gasteiger partial charge in [0.1, 0.15) is 12.3 Å². The predicted octanol–water partition coefficient (Wildman–Crippen LogP) is -0.0319. The standard InChI is InChI=1S/C6H6N2O5/c7-6(11)12-2-3-1-4(5(9)10)13-8-3/h1H,2H2,(H2,7,11)(H,9,10). The second-order valence-electron chi connectivity index (χ2n) is 2.10. The fourth-order valence-electron chi connectivity index (χ4n) is 0.626. The summed E-state index contributed by atoms with van der Waals surface area (Å²) in [5, 5.41) is 11.7. The van der Waals surface area contributed by atoms with Gasteiger partial charge in [-0.15, -0.1) is 0 Å². The highest BCUT2D eigenvalue weighted by Crippen LogP contribution is 2.04. The minimum absolute atomic E-state index is 0.191. The Morgan fingerprint density at radius 3 is 2.85 bits per heavy atom. The molecule has 1 aromatic heterocycles. The van der Waals surface area contributed by atoms with E-state index < -0.39 is 12.1 Å². The molecule has 0 bridgehead atoms. The van der Waals surface area contributed by atoms with E-state index in [1.54, 1.807) is 0 Å². The molecule has 0 radical (unpaired) electrons. The van der Waals surface area contributed by atoms with E-state index in [9.17, 15) is 9.59 Å². The summed E-state index contributed by atoms with van der Waals surface area (Å²) < 4.78 is 8.72. The second-order valence-corrected chi connectivity index (χ2v) is 2.10. The van der Waals surface area contributed by atoms with Crippen LogP contribution >= 0.6 is 0 Å². The second kappa shape index (κ2) is 3.57. The summed E-state index contributed by atoms with van der Waals surface area (Å²) in [6.07, 6.45) is -0.958. The number of ether oxygens (including phenoxy) is 1. The number of nitrogens with zero attached hydrogens (tertiary/aromatic N) is 1. The lowest BCUT2D eigenvalue weighted by Crippen LogP contribution is -2.12. The number of nitrogens with two attached hydrogens (primary N) is 1. The Kier molecular flexibility index (Phi) is 2.48. The van der Waals surface area contributed by atoms with Gasteiger partial charge in [0.25, 0.3) is 0 Å². The number of carbonyl (C=O) groups excluding carboxylic acids is 1. The molecule has 0 saturated heterocycles. The van der Waals surface area contributed by atoms with Crippen molar-refractivity contribution in [2.24, 2.45) is 5.73 Å². The lowest BCUT2D eigenvalue weighted by atomic mass is 10.4. The van der Waals surface area contributed by atoms with Gasteiger partial charge in [0.2, 0.25) is 5.76 Å². The monoisotopic (exact) mass is 186 g/mol. The van der Waals surface area contributed by atoms with Gasteiger partial charge in [-0.25, -0.2) is 9.59 Å². The highest BCUT2D eigenvalue weighted by Gasteiger charge is 2.11. The van der Waals surface area contributed by atoms with Crippen molar-refractivity contribution in [1.29, 1.82) is 0 Å². The Labute approximate surface area is 72.1 Å². The van der Waals surface area contributed by atoms with Gasteiger partial charge in [0, 0.05) is 6.07 Å². The van der Waals surface area contributed by atoms with Crippen molar-refractivity contribution in [3.63, 3.8) is 0 Å². The molecule has 1 amide bonds. The molecule has 0 atom stereocenters. The summed E-state index contributed by atoms with van der Waals surface area (Å²) in [5.74, 6) is -1.55. The largest absolute Gasteiger partial charge is 0.475 e. The third-order valence-electron chi connectivity index (χ3n) is 1.13. The molecule has 7 nitrogen and oxygen atoms in total. The summed E-state index contributed by atoms with van der Waals surface area (Å²) in [6, 6.07) is 1.14. The minimum Gasteiger partial charge on any atom is -0.475 e. The van der Waals surface area contributed by atoms with E-state index in [2.05, 4.69) is 20.2 Å². The number of aromatic carboxylic acids is 1. The van der Waals surface area contributed by atoms with Gasteiger partial charge >= 0.3 is 12.1 Å². The smallest absolute Gasteiger partial charge is 0.404 e. The van der Waals surface area contributed by atoms with E-state index in [0.717, 1.165) is 6.07 Å². The van der Waals surface area contributed by atoms with Crippen molar-refractivity contribution in [2.75, 3.05) is 0 Å². The first-order chi connectivity index (χ1) is 6.09. The Balaban J connectivity index is 2.59. The lowest BCUT2D eigenvalue weighted by molar-refractivity contribution is 0.0651. The summed E-state index contributed by atoms with van der Waals surface area (Å²) in [5.41, 5.74) is 4.86. The first-order valence-corrected chi connectivity index (χ1v) is 3.20. The zero-order chi connectivity index (χ0) is 9.84. The number of hydrogen-bond acceptors (Lipinski definition) is 5. The Hall–Kier alpha value is -2.05. The molecule has 0 unspecified atom stereocenters. The Bertz CT molecular complexity index is 332. The van der Waals surface area contributed by atoms with Crippen LogP contribution in [-0.2, 0) is 11.3 Å². The first kappa shape index (κ1) is 9.04. The van der Waals surface area contributed by atoms with Crippen molar-refractivity contribution < 1.29 is 24.0 Å². The van der Waals surface area contributed by atoms with Gasteiger partial charge in [0.15, 0.2) is 0 Å². The van der Waals surface area contributed by atoms with Crippen LogP contribution in [0.5, 0.6) is 0 Å². The topological polar surface area (TPSA) is 116 Å². The maximum atomic E-state index is 10.3. The molecule has 0 aliphatic rings. The van der Waals surface area contributed by atoms with E-state index in [-0.39, 0.29) is 18.1 Å². The molecule has 70 valence electrons. The fourth-order valence-corrected chi connectivity index (χ4v) is 0.626. The molecular weight excluding hydrogens is 180 g/mol. The third-order valence-corrected chi connectivity index (χ3v) is 1.13. The van der Waals surface area contributed by atoms with E-state index >= 15 is 0 Å². The van der Waals surface area contributed by atoms with Gasteiger partial charge in [-0.1, -0.05) is 5.16 Å². The average Bonchev–Trinajstić information content (AvgIpc) is 2.48. The van der Waals surface area contributed by atoms with Crippen LogP contribution in [0.25, 0.3) is 0 Å². The minimum atomic E-state index is -1.24. The van der Waals surface area contributed by atoms with Gasteiger partial charge in [-0.2, -0.15) is 0 Å². The predicted molar refractivity (Wildman–Crippen MR) is 37.8 cm³/mol. The van der Waals surface area contributed by atoms with Crippen LogP contribution in [0.2, 0.25) is 0 Å². The normalized spacial score (nSPS) is 9.54. The van der Waals surface area contributed by atoms with Gasteiger partial charge in [-0.3, -0.25) is 0 Å². The quantitative estimate of drug-likeness (QED) is 0.684. The molecule has 0 fully saturated rings. The SMILES string of the molecule is NC(=O)OCc1cc(C(=O)O)on1. The van der Waals surface area contributed by atoms with Crippen LogP contribution in [0.15, 0.2) is 10.6 Å². The van der Waals surface area contributed by atoms with Crippen LogP contribution in [0.1, 0.15) is 16.2 Å². The molecule has 13 heavy (non-hydrogen) atoms. The molecule has 1 aromatic rings. The van der Waals surface area contributed by atoms with Crippen molar-refractivity contribution in [1.82, 2.24) is 5.16 Å². The van der Waals surface area contributed by atoms with Gasteiger partial charge < -0.3 is 20.1 Å². The lowest BCUT2D eigenvalue weighted by Gasteiger charge is -1.94. The molecule has 0 saturated carbocycles. The van der Waals surface area contributed by atoms with Crippen molar-refractivity contribution in [2.45, 2.75) is 6.61 Å². The van der Waals surface area contributed by atoms with Crippen LogP contribution in [0.4, 0.5) is 4.79 Å². The van der Waals surface area contributed by atoms with Crippen molar-refractivity contribution in [3.05, 3.63) is 17.5 Å². The Morgan fingerprint density at radius 1 is 1.69 bits per heavy atom. The average molecular weight is 186 g/mol. The fraction of sp³-hybridized carbons (Fsp3) is 0.167. The number of hydrogen-bond donors (Lipinski definition) is 2. The molecule has 1 heterocycles. The highest BCUT2D eigenvalue weighted by atomic mass is 16.5. The van der Waals surface area contributed by atoms with Crippen molar-refractivity contribution >= 4 is 12.1 Å². The summed E-state index contributed by atoms with van der Waals surface area (Å²) in [7, 11) is 0.